The number of carbonyl (C=O) groups is 1. The second-order valence-electron chi connectivity index (χ2n) is 6.17. The molecule has 1 fully saturated rings. The van der Waals surface area contributed by atoms with E-state index in [1.807, 2.05) is 29.1 Å². The molecule has 0 aliphatic carbocycles. The summed E-state index contributed by atoms with van der Waals surface area (Å²) in [6, 6.07) is 9.34. The molecule has 1 aliphatic heterocycles. The van der Waals surface area contributed by atoms with Crippen LogP contribution in [-0.2, 0) is 11.3 Å². The molecule has 116 valence electrons. The topological polar surface area (TPSA) is 69.0 Å². The first-order valence-electron chi connectivity index (χ1n) is 7.41. The van der Waals surface area contributed by atoms with Crippen molar-refractivity contribution < 1.29 is 9.53 Å². The van der Waals surface area contributed by atoms with Gasteiger partial charge in [-0.15, -0.1) is 5.10 Å². The number of amides is 1. The van der Waals surface area contributed by atoms with Crippen molar-refractivity contribution in [3.05, 3.63) is 47.8 Å². The fourth-order valence-corrected chi connectivity index (χ4v) is 2.61. The van der Waals surface area contributed by atoms with Crippen LogP contribution in [0.1, 0.15) is 42.4 Å². The van der Waals surface area contributed by atoms with Gasteiger partial charge in [0.2, 0.25) is 0 Å². The van der Waals surface area contributed by atoms with Crippen molar-refractivity contribution in [2.24, 2.45) is 0 Å². The van der Waals surface area contributed by atoms with Crippen LogP contribution in [0.2, 0.25) is 0 Å². The maximum Gasteiger partial charge on any atom is 0.251 e. The summed E-state index contributed by atoms with van der Waals surface area (Å²) in [7, 11) is 0. The van der Waals surface area contributed by atoms with Crippen LogP contribution in [-0.4, -0.2) is 33.1 Å². The fourth-order valence-electron chi connectivity index (χ4n) is 2.61. The van der Waals surface area contributed by atoms with E-state index in [1.165, 1.54) is 0 Å². The molecule has 1 aromatic carbocycles. The van der Waals surface area contributed by atoms with Crippen molar-refractivity contribution in [1.82, 2.24) is 20.3 Å². The third-order valence-electron chi connectivity index (χ3n) is 3.79. The van der Waals surface area contributed by atoms with Gasteiger partial charge in [0, 0.05) is 12.0 Å². The summed E-state index contributed by atoms with van der Waals surface area (Å²) in [5.41, 5.74) is 1.27. The molecule has 1 saturated heterocycles. The third-order valence-corrected chi connectivity index (χ3v) is 3.79. The zero-order valence-electron chi connectivity index (χ0n) is 12.8. The van der Waals surface area contributed by atoms with Crippen LogP contribution < -0.4 is 5.32 Å². The predicted octanol–water partition coefficient (Wildman–Crippen LogP) is 1.95. The van der Waals surface area contributed by atoms with Gasteiger partial charge in [0.25, 0.3) is 5.91 Å². The molecular formula is C16H20N4O2. The van der Waals surface area contributed by atoms with Gasteiger partial charge in [-0.05, 0) is 26.0 Å². The lowest BCUT2D eigenvalue weighted by molar-refractivity contribution is 0.0350. The number of carbonyl (C=O) groups excluding carboxylic acids is 1. The van der Waals surface area contributed by atoms with Crippen LogP contribution in [0.3, 0.4) is 0 Å². The Labute approximate surface area is 129 Å². The number of hydrogen-bond donors (Lipinski definition) is 1. The fraction of sp³-hybridized carbons (Fsp3) is 0.438. The lowest BCUT2D eigenvalue weighted by Gasteiger charge is -2.15. The molecule has 0 bridgehead atoms. The van der Waals surface area contributed by atoms with Gasteiger partial charge in [0.05, 0.1) is 31.0 Å². The van der Waals surface area contributed by atoms with Crippen molar-refractivity contribution in [3.63, 3.8) is 0 Å². The van der Waals surface area contributed by atoms with Gasteiger partial charge in [-0.2, -0.15) is 0 Å². The summed E-state index contributed by atoms with van der Waals surface area (Å²) in [5, 5.41) is 11.1. The van der Waals surface area contributed by atoms with Crippen molar-refractivity contribution >= 4 is 5.91 Å². The van der Waals surface area contributed by atoms with Gasteiger partial charge in [0.15, 0.2) is 0 Å². The molecule has 2 aromatic rings. The molecule has 0 spiro atoms. The first-order chi connectivity index (χ1) is 10.5. The summed E-state index contributed by atoms with van der Waals surface area (Å²) in [5.74, 6) is -0.111. The van der Waals surface area contributed by atoms with Gasteiger partial charge < -0.3 is 10.1 Å². The van der Waals surface area contributed by atoms with Gasteiger partial charge in [-0.25, -0.2) is 4.68 Å². The molecule has 0 radical (unpaired) electrons. The number of hydrogen-bond acceptors (Lipinski definition) is 4. The first-order valence-corrected chi connectivity index (χ1v) is 7.41. The van der Waals surface area contributed by atoms with Crippen LogP contribution in [0.5, 0.6) is 0 Å². The number of aromatic nitrogens is 3. The lowest BCUT2D eigenvalue weighted by atomic mass is 10.0. The van der Waals surface area contributed by atoms with E-state index in [4.69, 9.17) is 4.74 Å². The maximum atomic E-state index is 12.0. The summed E-state index contributed by atoms with van der Waals surface area (Å²) in [6.45, 7) is 5.16. The predicted molar refractivity (Wildman–Crippen MR) is 81.3 cm³/mol. The highest BCUT2D eigenvalue weighted by molar-refractivity contribution is 5.93. The van der Waals surface area contributed by atoms with Crippen LogP contribution in [0.15, 0.2) is 36.5 Å². The highest BCUT2D eigenvalue weighted by Crippen LogP contribution is 2.31. The van der Waals surface area contributed by atoms with Gasteiger partial charge in [0.1, 0.15) is 5.69 Å². The average Bonchev–Trinajstić information content (AvgIpc) is 3.12. The minimum atomic E-state index is -0.113. The monoisotopic (exact) mass is 300 g/mol. The molecule has 6 heteroatoms. The molecule has 1 atom stereocenters. The molecule has 1 unspecified atom stereocenters. The van der Waals surface area contributed by atoms with Crippen LogP contribution in [0.4, 0.5) is 0 Å². The highest BCUT2D eigenvalue weighted by Gasteiger charge is 2.33. The first kappa shape index (κ1) is 14.7. The van der Waals surface area contributed by atoms with E-state index in [0.717, 1.165) is 12.1 Å². The standard InChI is InChI=1S/C16H20N4O2/c1-16(2)8-14(11-22-16)20-10-13(18-19-20)9-17-15(21)12-6-4-3-5-7-12/h3-7,10,14H,8-9,11H2,1-2H3,(H,17,21). The zero-order valence-corrected chi connectivity index (χ0v) is 12.8. The van der Waals surface area contributed by atoms with Crippen molar-refractivity contribution in [1.29, 1.82) is 0 Å². The molecule has 2 heterocycles. The lowest BCUT2D eigenvalue weighted by Crippen LogP contribution is -2.22. The maximum absolute atomic E-state index is 12.0. The smallest absolute Gasteiger partial charge is 0.251 e. The molecule has 3 rings (SSSR count). The quantitative estimate of drug-likeness (QED) is 0.937. The average molecular weight is 300 g/mol. The number of nitrogens with zero attached hydrogens (tertiary/aromatic N) is 3. The van der Waals surface area contributed by atoms with Crippen molar-refractivity contribution in [2.75, 3.05) is 6.61 Å². The number of nitrogens with one attached hydrogen (secondary N) is 1. The molecule has 22 heavy (non-hydrogen) atoms. The minimum absolute atomic E-state index is 0.111. The highest BCUT2D eigenvalue weighted by atomic mass is 16.5. The summed E-state index contributed by atoms with van der Waals surface area (Å²) < 4.78 is 7.55. The molecule has 1 aliphatic rings. The Morgan fingerprint density at radius 2 is 2.18 bits per heavy atom. The van der Waals surface area contributed by atoms with Gasteiger partial charge in [-0.3, -0.25) is 4.79 Å². The molecule has 0 saturated carbocycles. The van der Waals surface area contributed by atoms with E-state index in [9.17, 15) is 4.79 Å². The second-order valence-corrected chi connectivity index (χ2v) is 6.17. The van der Waals surface area contributed by atoms with Crippen LogP contribution >= 0.6 is 0 Å². The second kappa shape index (κ2) is 5.88. The largest absolute Gasteiger partial charge is 0.373 e. The van der Waals surface area contributed by atoms with Gasteiger partial charge >= 0.3 is 0 Å². The summed E-state index contributed by atoms with van der Waals surface area (Å²) in [6.07, 6.45) is 2.78. The van der Waals surface area contributed by atoms with E-state index >= 15 is 0 Å². The number of rotatable bonds is 4. The van der Waals surface area contributed by atoms with E-state index in [2.05, 4.69) is 29.5 Å². The van der Waals surface area contributed by atoms with Crippen LogP contribution in [0, 0.1) is 0 Å². The van der Waals surface area contributed by atoms with Gasteiger partial charge in [-0.1, -0.05) is 23.4 Å². The Hall–Kier alpha value is -2.21. The number of ether oxygens (including phenoxy) is 1. The molecule has 1 aromatic heterocycles. The zero-order chi connectivity index (χ0) is 15.6. The van der Waals surface area contributed by atoms with Crippen molar-refractivity contribution in [2.45, 2.75) is 38.5 Å². The molecule has 1 amide bonds. The van der Waals surface area contributed by atoms with E-state index in [-0.39, 0.29) is 17.6 Å². The Morgan fingerprint density at radius 1 is 1.41 bits per heavy atom. The van der Waals surface area contributed by atoms with E-state index in [0.29, 0.717) is 18.7 Å². The Balaban J connectivity index is 1.57. The van der Waals surface area contributed by atoms with E-state index in [1.54, 1.807) is 12.1 Å². The minimum Gasteiger partial charge on any atom is -0.373 e. The SMILES string of the molecule is CC1(C)CC(n2cc(CNC(=O)c3ccccc3)nn2)CO1. The normalized spacial score (nSPS) is 20.0. The molecule has 6 nitrogen and oxygen atoms in total. The Morgan fingerprint density at radius 3 is 2.86 bits per heavy atom. The van der Waals surface area contributed by atoms with E-state index < -0.39 is 0 Å². The molecule has 1 N–H and O–H groups in total. The van der Waals surface area contributed by atoms with Crippen LogP contribution in [0.25, 0.3) is 0 Å². The summed E-state index contributed by atoms with van der Waals surface area (Å²) >= 11 is 0. The number of benzene rings is 1. The summed E-state index contributed by atoms with van der Waals surface area (Å²) in [4.78, 5) is 12.0. The Kier molecular flexibility index (Phi) is 3.94. The Bertz CT molecular complexity index is 651. The van der Waals surface area contributed by atoms with Crippen molar-refractivity contribution in [3.8, 4) is 0 Å². The third kappa shape index (κ3) is 3.33. The molecular weight excluding hydrogens is 280 g/mol.